The van der Waals surface area contributed by atoms with Gasteiger partial charge in [-0.2, -0.15) is 0 Å². The maximum absolute atomic E-state index is 11.2. The summed E-state index contributed by atoms with van der Waals surface area (Å²) >= 11 is 0. The zero-order chi connectivity index (χ0) is 11.9. The standard InChI is InChI=1S/C11H19N3O2/c1-12-14-13-9-5-4-8-11(10(15)16)6-2-3-7-11/h2-9H2,1H3/p+1. The fourth-order valence-corrected chi connectivity index (χ4v) is 2.38. The van der Waals surface area contributed by atoms with E-state index in [1.807, 2.05) is 0 Å². The molecule has 0 spiro atoms. The molecule has 0 heterocycles. The normalized spacial score (nSPS) is 17.8. The highest BCUT2D eigenvalue weighted by molar-refractivity contribution is 5.74. The summed E-state index contributed by atoms with van der Waals surface area (Å²) in [6.07, 6.45) is 6.38. The highest BCUT2D eigenvalue weighted by atomic mass is 16.4. The largest absolute Gasteiger partial charge is 0.481 e. The summed E-state index contributed by atoms with van der Waals surface area (Å²) in [5, 5.41) is 16.6. The minimum Gasteiger partial charge on any atom is -0.481 e. The van der Waals surface area contributed by atoms with Gasteiger partial charge in [-0.25, -0.2) is 0 Å². The fraction of sp³-hybridized carbons (Fsp3) is 0.909. The summed E-state index contributed by atoms with van der Waals surface area (Å²) in [5.74, 6) is -0.616. The van der Waals surface area contributed by atoms with Crippen LogP contribution in [0.15, 0.2) is 10.2 Å². The Morgan fingerprint density at radius 2 is 2.06 bits per heavy atom. The third-order valence-corrected chi connectivity index (χ3v) is 3.33. The van der Waals surface area contributed by atoms with Crippen molar-refractivity contribution in [1.82, 2.24) is 4.91 Å². The molecule has 0 radical (unpaired) electrons. The molecular formula is C11H20N3O2+. The van der Waals surface area contributed by atoms with E-state index in [0.717, 1.165) is 44.9 Å². The molecule has 16 heavy (non-hydrogen) atoms. The van der Waals surface area contributed by atoms with Crippen LogP contribution >= 0.6 is 0 Å². The third-order valence-electron chi connectivity index (χ3n) is 3.33. The number of rotatable bonds is 6. The Kier molecular flexibility index (Phi) is 5.12. The van der Waals surface area contributed by atoms with Crippen LogP contribution in [0.4, 0.5) is 0 Å². The molecule has 5 heteroatoms. The number of hydrogen-bond acceptors (Lipinski definition) is 3. The number of carbonyl (C=O) groups is 1. The summed E-state index contributed by atoms with van der Waals surface area (Å²) in [5.41, 5.74) is -0.438. The molecule has 0 aromatic rings. The zero-order valence-corrected chi connectivity index (χ0v) is 9.85. The van der Waals surface area contributed by atoms with Crippen molar-refractivity contribution in [1.29, 1.82) is 0 Å². The van der Waals surface area contributed by atoms with Crippen LogP contribution in [0.5, 0.6) is 0 Å². The van der Waals surface area contributed by atoms with E-state index in [0.29, 0.717) is 6.54 Å². The smallest absolute Gasteiger partial charge is 0.309 e. The van der Waals surface area contributed by atoms with E-state index in [4.69, 9.17) is 0 Å². The average Bonchev–Trinajstić information content (AvgIpc) is 2.73. The first-order valence-electron chi connectivity index (χ1n) is 5.90. The van der Waals surface area contributed by atoms with E-state index in [2.05, 4.69) is 15.1 Å². The van der Waals surface area contributed by atoms with Crippen LogP contribution in [0.3, 0.4) is 0 Å². The van der Waals surface area contributed by atoms with E-state index >= 15 is 0 Å². The van der Waals surface area contributed by atoms with Crippen LogP contribution < -0.4 is 4.91 Å². The van der Waals surface area contributed by atoms with Crippen molar-refractivity contribution < 1.29 is 9.90 Å². The van der Waals surface area contributed by atoms with Gasteiger partial charge in [0.15, 0.2) is 0 Å². The maximum Gasteiger partial charge on any atom is 0.309 e. The molecule has 1 saturated carbocycles. The van der Waals surface area contributed by atoms with E-state index < -0.39 is 11.4 Å². The molecule has 0 saturated heterocycles. The Bertz CT molecular complexity index is 290. The molecule has 0 unspecified atom stereocenters. The lowest BCUT2D eigenvalue weighted by molar-refractivity contribution is -0.149. The molecule has 1 aliphatic carbocycles. The van der Waals surface area contributed by atoms with E-state index in [-0.39, 0.29) is 0 Å². The van der Waals surface area contributed by atoms with Crippen LogP contribution in [0, 0.1) is 5.41 Å². The third kappa shape index (κ3) is 3.42. The quantitative estimate of drug-likeness (QED) is 0.429. The Labute approximate surface area is 95.7 Å². The summed E-state index contributed by atoms with van der Waals surface area (Å²) in [7, 11) is 1.58. The van der Waals surface area contributed by atoms with Crippen molar-refractivity contribution in [2.75, 3.05) is 13.6 Å². The van der Waals surface area contributed by atoms with Crippen LogP contribution in [0.1, 0.15) is 44.9 Å². The minimum absolute atomic E-state index is 0.438. The van der Waals surface area contributed by atoms with Gasteiger partial charge in [0.1, 0.15) is 23.8 Å². The molecule has 0 aromatic heterocycles. The predicted molar refractivity (Wildman–Crippen MR) is 60.2 cm³/mol. The van der Waals surface area contributed by atoms with Crippen LogP contribution in [-0.2, 0) is 4.79 Å². The summed E-state index contributed by atoms with van der Waals surface area (Å²) in [4.78, 5) is 14.8. The van der Waals surface area contributed by atoms with Gasteiger partial charge in [0, 0.05) is 0 Å². The number of nitrogens with zero attached hydrogens (tertiary/aromatic N) is 3. The Morgan fingerprint density at radius 3 is 2.62 bits per heavy atom. The number of unbranched alkanes of at least 4 members (excludes halogenated alkanes) is 1. The fourth-order valence-electron chi connectivity index (χ4n) is 2.38. The molecule has 0 amide bonds. The van der Waals surface area contributed by atoms with Gasteiger partial charge in [-0.15, -0.1) is 0 Å². The van der Waals surface area contributed by atoms with Gasteiger partial charge in [0.25, 0.3) is 0 Å². The van der Waals surface area contributed by atoms with Crippen LogP contribution in [0.25, 0.3) is 0 Å². The van der Waals surface area contributed by atoms with Crippen LogP contribution in [0.2, 0.25) is 0 Å². The summed E-state index contributed by atoms with van der Waals surface area (Å²) < 4.78 is 0. The number of carboxylic acid groups (broad SMARTS) is 1. The SMILES string of the molecule is CN=[N+]=NCCCCC1(C(=O)O)CCCC1. The van der Waals surface area contributed by atoms with E-state index in [1.165, 1.54) is 0 Å². The highest BCUT2D eigenvalue weighted by Gasteiger charge is 2.40. The second-order valence-corrected chi connectivity index (χ2v) is 4.40. The molecule has 90 valence electrons. The minimum atomic E-state index is -0.616. The first-order valence-corrected chi connectivity index (χ1v) is 5.90. The van der Waals surface area contributed by atoms with Crippen molar-refractivity contribution in [3.05, 3.63) is 0 Å². The van der Waals surface area contributed by atoms with E-state index in [9.17, 15) is 9.90 Å². The molecule has 0 bridgehead atoms. The maximum atomic E-state index is 11.2. The van der Waals surface area contributed by atoms with Crippen molar-refractivity contribution >= 4 is 5.97 Å². The average molecular weight is 226 g/mol. The molecule has 5 nitrogen and oxygen atoms in total. The highest BCUT2D eigenvalue weighted by Crippen LogP contribution is 2.42. The Balaban J connectivity index is 2.29. The van der Waals surface area contributed by atoms with Gasteiger partial charge in [-0.1, -0.05) is 19.3 Å². The Morgan fingerprint density at radius 1 is 1.38 bits per heavy atom. The monoisotopic (exact) mass is 226 g/mol. The predicted octanol–water partition coefficient (Wildman–Crippen LogP) is 2.40. The van der Waals surface area contributed by atoms with Gasteiger partial charge < -0.3 is 5.11 Å². The number of aliphatic carboxylic acids is 1. The molecule has 1 fully saturated rings. The van der Waals surface area contributed by atoms with Gasteiger partial charge in [0.2, 0.25) is 4.91 Å². The summed E-state index contributed by atoms with van der Waals surface area (Å²) in [6, 6.07) is 0. The number of hydrogen-bond donors (Lipinski definition) is 1. The Hall–Kier alpha value is -1.22. The molecule has 1 aliphatic rings. The van der Waals surface area contributed by atoms with Crippen molar-refractivity contribution in [3.63, 3.8) is 0 Å². The van der Waals surface area contributed by atoms with Gasteiger partial charge >= 0.3 is 5.97 Å². The molecule has 1 rings (SSSR count). The lowest BCUT2D eigenvalue weighted by atomic mass is 9.81. The lowest BCUT2D eigenvalue weighted by Gasteiger charge is -2.23. The van der Waals surface area contributed by atoms with Crippen LogP contribution in [-0.4, -0.2) is 24.7 Å². The van der Waals surface area contributed by atoms with Crippen molar-refractivity contribution in [2.45, 2.75) is 44.9 Å². The van der Waals surface area contributed by atoms with Gasteiger partial charge in [-0.3, -0.25) is 4.79 Å². The van der Waals surface area contributed by atoms with E-state index in [1.54, 1.807) is 7.05 Å². The lowest BCUT2D eigenvalue weighted by Crippen LogP contribution is -2.27. The second-order valence-electron chi connectivity index (χ2n) is 4.40. The molecular weight excluding hydrogens is 206 g/mol. The molecule has 1 N–H and O–H groups in total. The molecule has 0 aliphatic heterocycles. The summed E-state index contributed by atoms with van der Waals surface area (Å²) in [6.45, 7) is 0.646. The number of carboxylic acids is 1. The second kappa shape index (κ2) is 6.38. The van der Waals surface area contributed by atoms with Gasteiger partial charge in [-0.05, 0) is 25.7 Å². The van der Waals surface area contributed by atoms with Crippen molar-refractivity contribution in [2.24, 2.45) is 15.6 Å². The first kappa shape index (κ1) is 12.8. The van der Waals surface area contributed by atoms with Crippen molar-refractivity contribution in [3.8, 4) is 0 Å². The topological polar surface area (TPSA) is 76.1 Å². The first-order chi connectivity index (χ1) is 7.71. The molecule has 0 aromatic carbocycles. The zero-order valence-electron chi connectivity index (χ0n) is 9.85. The van der Waals surface area contributed by atoms with Gasteiger partial charge in [0.05, 0.1) is 5.41 Å². The molecule has 0 atom stereocenters.